The van der Waals surface area contributed by atoms with E-state index in [1.807, 2.05) is 49.4 Å². The van der Waals surface area contributed by atoms with E-state index in [2.05, 4.69) is 10.5 Å². The highest BCUT2D eigenvalue weighted by atomic mass is 16.5. The predicted molar refractivity (Wildman–Crippen MR) is 79.1 cm³/mol. The van der Waals surface area contributed by atoms with Crippen LogP contribution in [0, 0.1) is 0 Å². The predicted octanol–water partition coefficient (Wildman–Crippen LogP) is 2.85. The number of hydrazone groups is 1. The fraction of sp³-hybridized carbons (Fsp3) is 0.125. The third kappa shape index (κ3) is 3.23. The van der Waals surface area contributed by atoms with E-state index in [4.69, 9.17) is 4.74 Å². The van der Waals surface area contributed by atoms with Crippen molar-refractivity contribution >= 4 is 11.6 Å². The van der Waals surface area contributed by atoms with Gasteiger partial charge in [0.15, 0.2) is 0 Å². The Balaban J connectivity index is 2.13. The molecule has 20 heavy (non-hydrogen) atoms. The molecule has 102 valence electrons. The first-order chi connectivity index (χ1) is 9.72. The maximum atomic E-state index is 11.9. The van der Waals surface area contributed by atoms with Gasteiger partial charge in [0.25, 0.3) is 5.91 Å². The van der Waals surface area contributed by atoms with Crippen molar-refractivity contribution in [2.24, 2.45) is 5.10 Å². The zero-order valence-corrected chi connectivity index (χ0v) is 11.5. The van der Waals surface area contributed by atoms with Crippen LogP contribution in [0.1, 0.15) is 22.8 Å². The maximum Gasteiger partial charge on any atom is 0.271 e. The Hall–Kier alpha value is -2.62. The van der Waals surface area contributed by atoms with Gasteiger partial charge in [-0.2, -0.15) is 5.10 Å². The largest absolute Gasteiger partial charge is 0.496 e. The summed E-state index contributed by atoms with van der Waals surface area (Å²) in [5, 5.41) is 4.12. The summed E-state index contributed by atoms with van der Waals surface area (Å²) in [6, 6.07) is 16.5. The molecule has 0 atom stereocenters. The van der Waals surface area contributed by atoms with Crippen molar-refractivity contribution in [3.8, 4) is 5.75 Å². The van der Waals surface area contributed by atoms with Gasteiger partial charge in [0.1, 0.15) is 5.75 Å². The van der Waals surface area contributed by atoms with Crippen LogP contribution >= 0.6 is 0 Å². The second-order valence-electron chi connectivity index (χ2n) is 4.20. The molecule has 2 aromatic rings. The van der Waals surface area contributed by atoms with E-state index >= 15 is 0 Å². The minimum absolute atomic E-state index is 0.236. The molecule has 0 spiro atoms. The second-order valence-corrected chi connectivity index (χ2v) is 4.20. The third-order valence-electron chi connectivity index (χ3n) is 2.86. The Morgan fingerprint density at radius 1 is 1.05 bits per heavy atom. The van der Waals surface area contributed by atoms with Crippen molar-refractivity contribution in [3.63, 3.8) is 0 Å². The molecule has 2 rings (SSSR count). The first kappa shape index (κ1) is 13.8. The van der Waals surface area contributed by atoms with Crippen molar-refractivity contribution in [1.82, 2.24) is 5.43 Å². The fourth-order valence-corrected chi connectivity index (χ4v) is 1.79. The number of methoxy groups -OCH3 is 1. The molecule has 0 aliphatic heterocycles. The molecule has 4 nitrogen and oxygen atoms in total. The molecule has 0 radical (unpaired) electrons. The second kappa shape index (κ2) is 6.52. The average Bonchev–Trinajstić information content (AvgIpc) is 2.53. The number of hydrogen-bond acceptors (Lipinski definition) is 3. The summed E-state index contributed by atoms with van der Waals surface area (Å²) >= 11 is 0. The number of carbonyl (C=O) groups is 1. The topological polar surface area (TPSA) is 50.7 Å². The van der Waals surface area contributed by atoms with Crippen molar-refractivity contribution in [2.75, 3.05) is 7.11 Å². The highest BCUT2D eigenvalue weighted by Crippen LogP contribution is 2.17. The van der Waals surface area contributed by atoms with Gasteiger partial charge in [0.05, 0.1) is 12.8 Å². The van der Waals surface area contributed by atoms with Gasteiger partial charge in [-0.1, -0.05) is 30.3 Å². The Morgan fingerprint density at radius 3 is 2.40 bits per heavy atom. The van der Waals surface area contributed by atoms with Crippen molar-refractivity contribution in [1.29, 1.82) is 0 Å². The number of amides is 1. The van der Waals surface area contributed by atoms with Crippen molar-refractivity contribution < 1.29 is 9.53 Å². The van der Waals surface area contributed by atoms with E-state index in [0.29, 0.717) is 11.3 Å². The molecule has 1 N–H and O–H groups in total. The lowest BCUT2D eigenvalue weighted by Gasteiger charge is -2.07. The minimum Gasteiger partial charge on any atom is -0.496 e. The van der Waals surface area contributed by atoms with Crippen LogP contribution in [0.5, 0.6) is 5.75 Å². The van der Waals surface area contributed by atoms with Gasteiger partial charge in [0.2, 0.25) is 0 Å². The van der Waals surface area contributed by atoms with Crippen LogP contribution in [-0.4, -0.2) is 18.7 Å². The lowest BCUT2D eigenvalue weighted by atomic mass is 10.1. The number of nitrogens with one attached hydrogen (secondary N) is 1. The molecule has 0 unspecified atom stereocenters. The van der Waals surface area contributed by atoms with Crippen LogP contribution in [0.25, 0.3) is 0 Å². The van der Waals surface area contributed by atoms with E-state index in [9.17, 15) is 4.79 Å². The molecule has 0 aromatic heterocycles. The van der Waals surface area contributed by atoms with Crippen LogP contribution < -0.4 is 10.2 Å². The number of rotatable bonds is 4. The number of carbonyl (C=O) groups excluding carboxylic acids is 1. The Bertz CT molecular complexity index is 621. The highest BCUT2D eigenvalue weighted by molar-refractivity contribution is 6.02. The first-order valence-electron chi connectivity index (χ1n) is 6.25. The van der Waals surface area contributed by atoms with Crippen LogP contribution in [0.2, 0.25) is 0 Å². The SMILES string of the molecule is COc1ccccc1C(C)=NNC(=O)c1ccccc1. The molecule has 0 saturated heterocycles. The van der Waals surface area contributed by atoms with E-state index in [0.717, 1.165) is 11.3 Å². The average molecular weight is 268 g/mol. The molecular formula is C16H16N2O2. The van der Waals surface area contributed by atoms with Gasteiger partial charge in [-0.15, -0.1) is 0 Å². The van der Waals surface area contributed by atoms with Crippen LogP contribution in [0.3, 0.4) is 0 Å². The van der Waals surface area contributed by atoms with E-state index < -0.39 is 0 Å². The smallest absolute Gasteiger partial charge is 0.271 e. The molecule has 1 amide bonds. The summed E-state index contributed by atoms with van der Waals surface area (Å²) < 4.78 is 5.26. The quantitative estimate of drug-likeness (QED) is 0.684. The Morgan fingerprint density at radius 2 is 1.70 bits per heavy atom. The van der Waals surface area contributed by atoms with E-state index in [-0.39, 0.29) is 5.91 Å². The summed E-state index contributed by atoms with van der Waals surface area (Å²) in [6.07, 6.45) is 0. The number of para-hydroxylation sites is 1. The molecule has 2 aromatic carbocycles. The standard InChI is InChI=1S/C16H16N2O2/c1-12(14-10-6-7-11-15(14)20-2)17-18-16(19)13-8-4-3-5-9-13/h3-11H,1-2H3,(H,18,19). The van der Waals surface area contributed by atoms with Gasteiger partial charge in [0, 0.05) is 11.1 Å². The van der Waals surface area contributed by atoms with Gasteiger partial charge >= 0.3 is 0 Å². The normalized spacial score (nSPS) is 11.0. The van der Waals surface area contributed by atoms with Gasteiger partial charge in [-0.3, -0.25) is 4.79 Å². The number of nitrogens with zero attached hydrogens (tertiary/aromatic N) is 1. The van der Waals surface area contributed by atoms with Crippen LogP contribution in [0.15, 0.2) is 59.7 Å². The third-order valence-corrected chi connectivity index (χ3v) is 2.86. The highest BCUT2D eigenvalue weighted by Gasteiger charge is 2.07. The molecule has 4 heteroatoms. The molecule has 0 saturated carbocycles. The summed E-state index contributed by atoms with van der Waals surface area (Å²) in [5.41, 5.74) is 4.65. The molecule has 0 aliphatic rings. The monoisotopic (exact) mass is 268 g/mol. The van der Waals surface area contributed by atoms with Gasteiger partial charge in [-0.05, 0) is 31.2 Å². The minimum atomic E-state index is -0.236. The lowest BCUT2D eigenvalue weighted by Crippen LogP contribution is -2.19. The van der Waals surface area contributed by atoms with Gasteiger partial charge < -0.3 is 4.74 Å². The lowest BCUT2D eigenvalue weighted by molar-refractivity contribution is 0.0955. The zero-order chi connectivity index (χ0) is 14.4. The molecular weight excluding hydrogens is 252 g/mol. The van der Waals surface area contributed by atoms with Crippen LogP contribution in [-0.2, 0) is 0 Å². The fourth-order valence-electron chi connectivity index (χ4n) is 1.79. The Kier molecular flexibility index (Phi) is 4.50. The molecule has 0 heterocycles. The zero-order valence-electron chi connectivity index (χ0n) is 11.5. The summed E-state index contributed by atoms with van der Waals surface area (Å²) in [6.45, 7) is 1.82. The number of benzene rings is 2. The summed E-state index contributed by atoms with van der Waals surface area (Å²) in [7, 11) is 1.61. The Labute approximate surface area is 118 Å². The number of hydrogen-bond donors (Lipinski definition) is 1. The van der Waals surface area contributed by atoms with Crippen molar-refractivity contribution in [3.05, 3.63) is 65.7 Å². The summed E-state index contributed by atoms with van der Waals surface area (Å²) in [5.74, 6) is 0.488. The van der Waals surface area contributed by atoms with Gasteiger partial charge in [-0.25, -0.2) is 5.43 Å². The maximum absolute atomic E-state index is 11.9. The van der Waals surface area contributed by atoms with Crippen molar-refractivity contribution in [2.45, 2.75) is 6.92 Å². The summed E-state index contributed by atoms with van der Waals surface area (Å²) in [4.78, 5) is 11.9. The molecule has 0 aliphatic carbocycles. The number of ether oxygens (including phenoxy) is 1. The van der Waals surface area contributed by atoms with E-state index in [1.165, 1.54) is 0 Å². The van der Waals surface area contributed by atoms with E-state index in [1.54, 1.807) is 19.2 Å². The molecule has 0 bridgehead atoms. The first-order valence-corrected chi connectivity index (χ1v) is 6.25. The van der Waals surface area contributed by atoms with Crippen LogP contribution in [0.4, 0.5) is 0 Å². The molecule has 0 fully saturated rings.